The van der Waals surface area contributed by atoms with Gasteiger partial charge in [-0.25, -0.2) is 0 Å². The third-order valence-corrected chi connectivity index (χ3v) is 2.06. The summed E-state index contributed by atoms with van der Waals surface area (Å²) in [6, 6.07) is 1.62. The van der Waals surface area contributed by atoms with Crippen LogP contribution in [0.4, 0.5) is 0 Å². The van der Waals surface area contributed by atoms with Gasteiger partial charge in [-0.05, 0) is 22.0 Å². The van der Waals surface area contributed by atoms with Crippen LogP contribution in [-0.2, 0) is 0 Å². The van der Waals surface area contributed by atoms with E-state index in [-0.39, 0.29) is 0 Å². The Morgan fingerprint density at radius 3 is 3.08 bits per heavy atom. The molecule has 2 heterocycles. The molecule has 0 bridgehead atoms. The zero-order chi connectivity index (χ0) is 9.42. The zero-order valence-corrected chi connectivity index (χ0v) is 8.02. The van der Waals surface area contributed by atoms with Crippen LogP contribution < -0.4 is 5.73 Å². The van der Waals surface area contributed by atoms with Gasteiger partial charge in [-0.2, -0.15) is 0 Å². The van der Waals surface area contributed by atoms with Gasteiger partial charge in [0.2, 0.25) is 0 Å². The Balaban J connectivity index is 2.84. The summed E-state index contributed by atoms with van der Waals surface area (Å²) in [4.78, 5) is 11.0. The Bertz CT molecular complexity index is 478. The van der Waals surface area contributed by atoms with Gasteiger partial charge in [-0.3, -0.25) is 9.20 Å². The molecule has 1 amide bonds. The lowest BCUT2D eigenvalue weighted by atomic mass is 10.2. The van der Waals surface area contributed by atoms with Crippen molar-refractivity contribution < 1.29 is 4.79 Å². The Kier molecular flexibility index (Phi) is 1.77. The first-order valence-corrected chi connectivity index (χ1v) is 4.26. The second-order valence-electron chi connectivity index (χ2n) is 2.50. The number of hydrogen-bond acceptors (Lipinski definition) is 3. The highest BCUT2D eigenvalue weighted by Crippen LogP contribution is 2.15. The lowest BCUT2D eigenvalue weighted by Crippen LogP contribution is -2.12. The number of carbonyl (C=O) groups excluding carboxylic acids is 1. The third kappa shape index (κ3) is 1.29. The van der Waals surface area contributed by atoms with Crippen LogP contribution >= 0.6 is 15.9 Å². The predicted molar refractivity (Wildman–Crippen MR) is 49.2 cm³/mol. The van der Waals surface area contributed by atoms with Gasteiger partial charge in [0, 0.05) is 10.7 Å². The van der Waals surface area contributed by atoms with Crippen molar-refractivity contribution in [1.29, 1.82) is 0 Å². The smallest absolute Gasteiger partial charge is 0.252 e. The third-order valence-electron chi connectivity index (χ3n) is 1.62. The van der Waals surface area contributed by atoms with Gasteiger partial charge in [0.1, 0.15) is 6.33 Å². The maximum atomic E-state index is 11.0. The van der Waals surface area contributed by atoms with E-state index in [4.69, 9.17) is 5.73 Å². The number of nitrogens with two attached hydrogens (primary N) is 1. The quantitative estimate of drug-likeness (QED) is 0.793. The van der Waals surface area contributed by atoms with E-state index in [0.29, 0.717) is 11.2 Å². The molecule has 0 fully saturated rings. The maximum Gasteiger partial charge on any atom is 0.252 e. The molecular weight excluding hydrogens is 236 g/mol. The van der Waals surface area contributed by atoms with Crippen molar-refractivity contribution in [3.8, 4) is 0 Å². The molecule has 2 aromatic rings. The highest BCUT2D eigenvalue weighted by atomic mass is 79.9. The first-order valence-electron chi connectivity index (χ1n) is 3.47. The van der Waals surface area contributed by atoms with Crippen molar-refractivity contribution in [3.63, 3.8) is 0 Å². The Labute approximate surface area is 81.7 Å². The van der Waals surface area contributed by atoms with Crippen molar-refractivity contribution in [2.75, 3.05) is 0 Å². The topological polar surface area (TPSA) is 73.3 Å². The second-order valence-corrected chi connectivity index (χ2v) is 3.41. The maximum absolute atomic E-state index is 11.0. The minimum absolute atomic E-state index is 0.354. The number of rotatable bonds is 1. The van der Waals surface area contributed by atoms with E-state index in [1.165, 1.54) is 6.33 Å². The summed E-state index contributed by atoms with van der Waals surface area (Å²) in [7, 11) is 0. The molecule has 0 radical (unpaired) electrons. The lowest BCUT2D eigenvalue weighted by molar-refractivity contribution is 0.100. The fourth-order valence-electron chi connectivity index (χ4n) is 1.08. The second kappa shape index (κ2) is 2.81. The highest BCUT2D eigenvalue weighted by Gasteiger charge is 2.09. The summed E-state index contributed by atoms with van der Waals surface area (Å²) < 4.78 is 2.39. The summed E-state index contributed by atoms with van der Waals surface area (Å²) in [5.74, 6) is -0.515. The van der Waals surface area contributed by atoms with Gasteiger partial charge in [-0.15, -0.1) is 10.2 Å². The minimum Gasteiger partial charge on any atom is -0.365 e. The largest absolute Gasteiger partial charge is 0.365 e. The van der Waals surface area contributed by atoms with Gasteiger partial charge in [0.05, 0.1) is 5.56 Å². The van der Waals surface area contributed by atoms with Gasteiger partial charge < -0.3 is 5.73 Å². The number of carbonyl (C=O) groups is 1. The summed E-state index contributed by atoms with van der Waals surface area (Å²) in [5.41, 5.74) is 5.99. The molecule has 2 aromatic heterocycles. The fourth-order valence-corrected chi connectivity index (χ4v) is 1.53. The van der Waals surface area contributed by atoms with Crippen LogP contribution in [0.3, 0.4) is 0 Å². The first kappa shape index (κ1) is 8.18. The number of halogens is 1. The van der Waals surface area contributed by atoms with Gasteiger partial charge in [0.25, 0.3) is 5.91 Å². The van der Waals surface area contributed by atoms with Gasteiger partial charge in [0.15, 0.2) is 5.65 Å². The molecule has 0 atom stereocenters. The number of amides is 1. The molecule has 0 aliphatic heterocycles. The molecule has 0 unspecified atom stereocenters. The average Bonchev–Trinajstić information content (AvgIpc) is 2.49. The summed E-state index contributed by atoms with van der Waals surface area (Å²) in [6.07, 6.45) is 3.26. The Hall–Kier alpha value is -1.43. The minimum atomic E-state index is -0.515. The number of aromatic nitrogens is 3. The Morgan fingerprint density at radius 2 is 2.38 bits per heavy atom. The van der Waals surface area contributed by atoms with Crippen molar-refractivity contribution in [2.45, 2.75) is 0 Å². The fraction of sp³-hybridized carbons (Fsp3) is 0. The van der Waals surface area contributed by atoms with Crippen molar-refractivity contribution >= 4 is 27.5 Å². The zero-order valence-electron chi connectivity index (χ0n) is 6.44. The lowest BCUT2D eigenvalue weighted by Gasteiger charge is -1.98. The molecule has 0 aliphatic rings. The SMILES string of the molecule is NC(=O)c1cc(Br)cn2cnnc12. The highest BCUT2D eigenvalue weighted by molar-refractivity contribution is 9.10. The molecule has 0 saturated carbocycles. The van der Waals surface area contributed by atoms with Crippen molar-refractivity contribution in [3.05, 3.63) is 28.6 Å². The number of primary amides is 1. The molecule has 2 N–H and O–H groups in total. The number of pyridine rings is 1. The number of nitrogens with zero attached hydrogens (tertiary/aromatic N) is 3. The molecular formula is C7H5BrN4O. The number of hydrogen-bond donors (Lipinski definition) is 1. The molecule has 6 heteroatoms. The van der Waals surface area contributed by atoms with Crippen LogP contribution in [-0.4, -0.2) is 20.5 Å². The molecule has 0 saturated heterocycles. The van der Waals surface area contributed by atoms with E-state index in [9.17, 15) is 4.79 Å². The van der Waals surface area contributed by atoms with Crippen molar-refractivity contribution in [2.24, 2.45) is 5.73 Å². The van der Waals surface area contributed by atoms with Crippen LogP contribution in [0.5, 0.6) is 0 Å². The van der Waals surface area contributed by atoms with Crippen LogP contribution in [0.25, 0.3) is 5.65 Å². The normalized spacial score (nSPS) is 10.5. The molecule has 5 nitrogen and oxygen atoms in total. The standard InChI is InChI=1S/C7H5BrN4O/c8-4-1-5(6(9)13)7-11-10-3-12(7)2-4/h1-3H,(H2,9,13). The predicted octanol–water partition coefficient (Wildman–Crippen LogP) is 0.591. The molecule has 0 spiro atoms. The van der Waals surface area contributed by atoms with E-state index in [1.54, 1.807) is 16.7 Å². The monoisotopic (exact) mass is 240 g/mol. The molecule has 2 rings (SSSR count). The first-order chi connectivity index (χ1) is 6.18. The van der Waals surface area contributed by atoms with Crippen LogP contribution in [0.1, 0.15) is 10.4 Å². The molecule has 0 aliphatic carbocycles. The van der Waals surface area contributed by atoms with Gasteiger partial charge in [-0.1, -0.05) is 0 Å². The number of fused-ring (bicyclic) bond motifs is 1. The average molecular weight is 241 g/mol. The summed E-state index contributed by atoms with van der Waals surface area (Å²) in [6.45, 7) is 0. The van der Waals surface area contributed by atoms with Crippen LogP contribution in [0.2, 0.25) is 0 Å². The van der Waals surface area contributed by atoms with Crippen molar-refractivity contribution in [1.82, 2.24) is 14.6 Å². The van der Waals surface area contributed by atoms with E-state index in [0.717, 1.165) is 4.47 Å². The molecule has 0 aromatic carbocycles. The van der Waals surface area contributed by atoms with E-state index >= 15 is 0 Å². The summed E-state index contributed by atoms with van der Waals surface area (Å²) >= 11 is 3.25. The van der Waals surface area contributed by atoms with E-state index in [1.807, 2.05) is 0 Å². The van der Waals surface area contributed by atoms with Crippen LogP contribution in [0.15, 0.2) is 23.1 Å². The Morgan fingerprint density at radius 1 is 1.62 bits per heavy atom. The van der Waals surface area contributed by atoms with Gasteiger partial charge >= 0.3 is 0 Å². The van der Waals surface area contributed by atoms with Crippen LogP contribution in [0, 0.1) is 0 Å². The van der Waals surface area contributed by atoms with E-state index < -0.39 is 5.91 Å². The molecule has 66 valence electrons. The summed E-state index contributed by atoms with van der Waals surface area (Å²) in [5, 5.41) is 7.44. The molecule has 13 heavy (non-hydrogen) atoms. The van der Waals surface area contributed by atoms with E-state index in [2.05, 4.69) is 26.1 Å².